The highest BCUT2D eigenvalue weighted by atomic mass is 16.5. The molecule has 126 valence electrons. The summed E-state index contributed by atoms with van der Waals surface area (Å²) in [5.74, 6) is 3.30. The van der Waals surface area contributed by atoms with E-state index in [4.69, 9.17) is 9.15 Å². The van der Waals surface area contributed by atoms with Crippen molar-refractivity contribution in [1.29, 1.82) is 0 Å². The van der Waals surface area contributed by atoms with Gasteiger partial charge in [0.15, 0.2) is 6.61 Å². The molecule has 1 amide bonds. The first-order valence-corrected chi connectivity index (χ1v) is 8.15. The van der Waals surface area contributed by atoms with Crippen LogP contribution in [0.4, 0.5) is 0 Å². The molecule has 24 heavy (non-hydrogen) atoms. The van der Waals surface area contributed by atoms with E-state index in [1.807, 2.05) is 44.2 Å². The minimum Gasteiger partial charge on any atom is -0.483 e. The van der Waals surface area contributed by atoms with Gasteiger partial charge in [-0.1, -0.05) is 25.1 Å². The van der Waals surface area contributed by atoms with Crippen LogP contribution >= 0.6 is 0 Å². The van der Waals surface area contributed by atoms with Crippen molar-refractivity contribution in [1.82, 2.24) is 5.43 Å². The Labute approximate surface area is 141 Å². The number of furan rings is 1. The van der Waals surface area contributed by atoms with E-state index in [1.54, 1.807) is 0 Å². The Morgan fingerprint density at radius 1 is 1.33 bits per heavy atom. The van der Waals surface area contributed by atoms with Crippen LogP contribution in [0.15, 0.2) is 39.9 Å². The van der Waals surface area contributed by atoms with Crippen LogP contribution in [0.2, 0.25) is 0 Å². The van der Waals surface area contributed by atoms with Gasteiger partial charge in [-0.05, 0) is 49.4 Å². The molecule has 1 fully saturated rings. The highest BCUT2D eigenvalue weighted by Gasteiger charge is 2.36. The third-order valence-electron chi connectivity index (χ3n) is 4.26. The third-order valence-corrected chi connectivity index (χ3v) is 4.26. The fraction of sp³-hybridized carbons (Fsp3) is 0.368. The summed E-state index contributed by atoms with van der Waals surface area (Å²) in [4.78, 5) is 11.8. The molecule has 3 rings (SSSR count). The number of rotatable bonds is 6. The first-order valence-electron chi connectivity index (χ1n) is 8.15. The monoisotopic (exact) mass is 326 g/mol. The second-order valence-corrected chi connectivity index (χ2v) is 6.36. The van der Waals surface area contributed by atoms with E-state index in [0.29, 0.717) is 17.6 Å². The summed E-state index contributed by atoms with van der Waals surface area (Å²) in [7, 11) is 0. The van der Waals surface area contributed by atoms with E-state index in [2.05, 4.69) is 17.5 Å². The van der Waals surface area contributed by atoms with Crippen LogP contribution in [-0.4, -0.2) is 18.7 Å². The van der Waals surface area contributed by atoms with Crippen molar-refractivity contribution in [2.45, 2.75) is 33.1 Å². The number of aryl methyl sites for hydroxylation is 2. The highest BCUT2D eigenvalue weighted by molar-refractivity contribution is 5.81. The molecule has 1 aliphatic rings. The summed E-state index contributed by atoms with van der Waals surface area (Å²) in [6, 6.07) is 9.70. The predicted octanol–water partition coefficient (Wildman–Crippen LogP) is 3.55. The maximum atomic E-state index is 11.8. The van der Waals surface area contributed by atoms with E-state index in [0.717, 1.165) is 22.6 Å². The van der Waals surface area contributed by atoms with E-state index in [-0.39, 0.29) is 12.5 Å². The Kier molecular flexibility index (Phi) is 4.69. The molecule has 1 aromatic heterocycles. The summed E-state index contributed by atoms with van der Waals surface area (Å²) < 4.78 is 11.3. The summed E-state index contributed by atoms with van der Waals surface area (Å²) >= 11 is 0. The lowest BCUT2D eigenvalue weighted by Gasteiger charge is -2.10. The molecule has 5 nitrogen and oxygen atoms in total. The molecular formula is C19H22N2O3. The number of nitrogens with one attached hydrogen (secondary N) is 1. The Bertz CT molecular complexity index is 743. The van der Waals surface area contributed by atoms with Crippen molar-refractivity contribution in [3.8, 4) is 5.75 Å². The molecule has 5 heteroatoms. The molecule has 0 spiro atoms. The Morgan fingerprint density at radius 3 is 2.71 bits per heavy atom. The van der Waals surface area contributed by atoms with Crippen molar-refractivity contribution in [2.24, 2.45) is 11.0 Å². The van der Waals surface area contributed by atoms with Crippen molar-refractivity contribution >= 4 is 12.1 Å². The molecule has 1 N–H and O–H groups in total. The van der Waals surface area contributed by atoms with Gasteiger partial charge in [0.1, 0.15) is 17.3 Å². The van der Waals surface area contributed by atoms with Gasteiger partial charge in [0, 0.05) is 5.92 Å². The number of nitrogens with zero attached hydrogens (tertiary/aromatic N) is 1. The van der Waals surface area contributed by atoms with Crippen LogP contribution < -0.4 is 10.2 Å². The standard InChI is InChI=1S/C19H22N2O3/c1-12-5-4-6-13(2)19(12)23-11-18(22)21-20-10-15-7-8-17(24-15)16-9-14(16)3/h4-8,10,14,16H,9,11H2,1-3H3,(H,21,22)/b20-10-/t14-,16-/m0/s1. The summed E-state index contributed by atoms with van der Waals surface area (Å²) in [5.41, 5.74) is 4.46. The van der Waals surface area contributed by atoms with Crippen LogP contribution in [0.5, 0.6) is 5.75 Å². The van der Waals surface area contributed by atoms with Gasteiger partial charge in [0.2, 0.25) is 0 Å². The molecule has 2 aromatic rings. The molecule has 0 radical (unpaired) electrons. The second kappa shape index (κ2) is 6.91. The van der Waals surface area contributed by atoms with Gasteiger partial charge in [-0.2, -0.15) is 5.10 Å². The maximum Gasteiger partial charge on any atom is 0.277 e. The molecule has 0 bridgehead atoms. The van der Waals surface area contributed by atoms with E-state index < -0.39 is 0 Å². The topological polar surface area (TPSA) is 63.8 Å². The number of hydrogen-bond acceptors (Lipinski definition) is 4. The number of benzene rings is 1. The van der Waals surface area contributed by atoms with Gasteiger partial charge >= 0.3 is 0 Å². The minimum absolute atomic E-state index is 0.0774. The molecular weight excluding hydrogens is 304 g/mol. The number of carbonyl (C=O) groups is 1. The molecule has 2 atom stereocenters. The lowest BCUT2D eigenvalue weighted by molar-refractivity contribution is -0.123. The van der Waals surface area contributed by atoms with Crippen LogP contribution in [0, 0.1) is 19.8 Å². The molecule has 1 aliphatic carbocycles. The molecule has 1 aromatic carbocycles. The highest BCUT2D eigenvalue weighted by Crippen LogP contribution is 2.47. The summed E-state index contributed by atoms with van der Waals surface area (Å²) in [6.07, 6.45) is 2.68. The van der Waals surface area contributed by atoms with Crippen molar-refractivity contribution in [2.75, 3.05) is 6.61 Å². The first kappa shape index (κ1) is 16.3. The molecule has 0 saturated heterocycles. The normalized spacial score (nSPS) is 19.5. The fourth-order valence-corrected chi connectivity index (χ4v) is 2.72. The largest absolute Gasteiger partial charge is 0.483 e. The Hall–Kier alpha value is -2.56. The Morgan fingerprint density at radius 2 is 2.04 bits per heavy atom. The smallest absolute Gasteiger partial charge is 0.277 e. The van der Waals surface area contributed by atoms with Gasteiger partial charge in [-0.15, -0.1) is 0 Å². The fourth-order valence-electron chi connectivity index (χ4n) is 2.72. The van der Waals surface area contributed by atoms with E-state index in [9.17, 15) is 4.79 Å². The number of hydrazone groups is 1. The number of amides is 1. The second-order valence-electron chi connectivity index (χ2n) is 6.36. The SMILES string of the molecule is Cc1cccc(C)c1OCC(=O)N/N=C\c1ccc([C@H]2C[C@@H]2C)o1. The van der Waals surface area contributed by atoms with Crippen molar-refractivity contribution in [3.63, 3.8) is 0 Å². The van der Waals surface area contributed by atoms with Crippen LogP contribution in [0.1, 0.15) is 41.9 Å². The van der Waals surface area contributed by atoms with Gasteiger partial charge in [0.25, 0.3) is 5.91 Å². The number of para-hydroxylation sites is 1. The molecule has 0 aliphatic heterocycles. The zero-order valence-corrected chi connectivity index (χ0v) is 14.2. The number of ether oxygens (including phenoxy) is 1. The lowest BCUT2D eigenvalue weighted by atomic mass is 10.1. The predicted molar refractivity (Wildman–Crippen MR) is 92.4 cm³/mol. The first-order chi connectivity index (χ1) is 11.5. The molecule has 1 heterocycles. The third kappa shape index (κ3) is 3.85. The zero-order valence-electron chi connectivity index (χ0n) is 14.2. The molecule has 1 saturated carbocycles. The number of carbonyl (C=O) groups excluding carboxylic acids is 1. The van der Waals surface area contributed by atoms with Gasteiger partial charge in [-0.25, -0.2) is 5.43 Å². The maximum absolute atomic E-state index is 11.8. The quantitative estimate of drug-likeness (QED) is 0.652. The average molecular weight is 326 g/mol. The Balaban J connectivity index is 1.48. The van der Waals surface area contributed by atoms with E-state index in [1.165, 1.54) is 12.6 Å². The number of hydrogen-bond donors (Lipinski definition) is 1. The van der Waals surface area contributed by atoms with Crippen molar-refractivity contribution < 1.29 is 13.9 Å². The zero-order chi connectivity index (χ0) is 17.1. The van der Waals surface area contributed by atoms with Crippen LogP contribution in [0.25, 0.3) is 0 Å². The van der Waals surface area contributed by atoms with Gasteiger partial charge < -0.3 is 9.15 Å². The van der Waals surface area contributed by atoms with Gasteiger partial charge in [0.05, 0.1) is 6.21 Å². The van der Waals surface area contributed by atoms with Crippen LogP contribution in [0.3, 0.4) is 0 Å². The molecule has 0 unspecified atom stereocenters. The minimum atomic E-state index is -0.309. The van der Waals surface area contributed by atoms with E-state index >= 15 is 0 Å². The van der Waals surface area contributed by atoms with Gasteiger partial charge in [-0.3, -0.25) is 4.79 Å². The summed E-state index contributed by atoms with van der Waals surface area (Å²) in [6.45, 7) is 6.03. The lowest BCUT2D eigenvalue weighted by Crippen LogP contribution is -2.24. The van der Waals surface area contributed by atoms with Crippen LogP contribution in [-0.2, 0) is 4.79 Å². The average Bonchev–Trinajstić information content (AvgIpc) is 3.08. The summed E-state index contributed by atoms with van der Waals surface area (Å²) in [5, 5.41) is 3.91. The van der Waals surface area contributed by atoms with Crippen molar-refractivity contribution in [3.05, 3.63) is 53.0 Å².